The number of hydrogen-bond donors (Lipinski definition) is 1. The van der Waals surface area contributed by atoms with Crippen molar-refractivity contribution < 1.29 is 14.3 Å². The molecule has 0 aliphatic heterocycles. The van der Waals surface area contributed by atoms with Crippen molar-refractivity contribution in [3.8, 4) is 6.19 Å². The second-order valence-electron chi connectivity index (χ2n) is 8.69. The van der Waals surface area contributed by atoms with Crippen molar-refractivity contribution in [1.29, 1.82) is 5.26 Å². The molecule has 0 saturated heterocycles. The number of nitrogens with one attached hydrogen (secondary N) is 1. The van der Waals surface area contributed by atoms with Crippen LogP contribution in [-0.4, -0.2) is 35.1 Å². The van der Waals surface area contributed by atoms with Crippen molar-refractivity contribution in [2.45, 2.75) is 84.3 Å². The van der Waals surface area contributed by atoms with Gasteiger partial charge in [-0.15, -0.1) is 0 Å². The summed E-state index contributed by atoms with van der Waals surface area (Å²) in [4.78, 5) is 26.4. The molecule has 0 aromatic carbocycles. The summed E-state index contributed by atoms with van der Waals surface area (Å²) in [5, 5.41) is 12.2. The highest BCUT2D eigenvalue weighted by atomic mass is 16.6. The molecule has 2 fully saturated rings. The first-order valence-electron chi connectivity index (χ1n) is 9.36. The highest BCUT2D eigenvalue weighted by Crippen LogP contribution is 2.43. The van der Waals surface area contributed by atoms with E-state index in [1.807, 2.05) is 20.8 Å². The quantitative estimate of drug-likeness (QED) is 0.607. The van der Waals surface area contributed by atoms with Gasteiger partial charge in [0.1, 0.15) is 5.60 Å². The van der Waals surface area contributed by atoms with Crippen molar-refractivity contribution in [1.82, 2.24) is 10.2 Å². The molecule has 0 unspecified atom stereocenters. The first-order chi connectivity index (χ1) is 11.7. The molecule has 1 atom stereocenters. The third kappa shape index (κ3) is 5.35. The minimum Gasteiger partial charge on any atom is -0.444 e. The van der Waals surface area contributed by atoms with Crippen LogP contribution in [0.25, 0.3) is 0 Å². The maximum absolute atomic E-state index is 13.1. The van der Waals surface area contributed by atoms with Gasteiger partial charge in [-0.1, -0.05) is 26.2 Å². The molecule has 0 spiro atoms. The van der Waals surface area contributed by atoms with Gasteiger partial charge in [0.05, 0.1) is 5.92 Å². The normalized spacial score (nSPS) is 20.9. The smallest absolute Gasteiger partial charge is 0.407 e. The third-order valence-corrected chi connectivity index (χ3v) is 5.24. The molecule has 0 aromatic rings. The summed E-state index contributed by atoms with van der Waals surface area (Å²) in [7, 11) is 0. The zero-order valence-corrected chi connectivity index (χ0v) is 15.9. The second kappa shape index (κ2) is 7.63. The molecule has 0 heterocycles. The van der Waals surface area contributed by atoms with Crippen LogP contribution in [0.5, 0.6) is 0 Å². The van der Waals surface area contributed by atoms with E-state index in [9.17, 15) is 14.9 Å². The van der Waals surface area contributed by atoms with Gasteiger partial charge in [-0.05, 0) is 51.9 Å². The van der Waals surface area contributed by atoms with E-state index in [0.29, 0.717) is 0 Å². The van der Waals surface area contributed by atoms with Gasteiger partial charge in [-0.3, -0.25) is 4.79 Å². The van der Waals surface area contributed by atoms with Crippen LogP contribution < -0.4 is 5.32 Å². The van der Waals surface area contributed by atoms with E-state index in [0.717, 1.165) is 38.5 Å². The third-order valence-electron chi connectivity index (χ3n) is 5.24. The Morgan fingerprint density at radius 1 is 1.28 bits per heavy atom. The lowest BCUT2D eigenvalue weighted by atomic mass is 9.66. The van der Waals surface area contributed by atoms with Crippen LogP contribution in [0.4, 0.5) is 4.79 Å². The fourth-order valence-electron chi connectivity index (χ4n) is 3.65. The van der Waals surface area contributed by atoms with Crippen LogP contribution in [0.15, 0.2) is 0 Å². The van der Waals surface area contributed by atoms with E-state index in [2.05, 4.69) is 18.4 Å². The van der Waals surface area contributed by atoms with Crippen molar-refractivity contribution in [3.05, 3.63) is 0 Å². The largest absolute Gasteiger partial charge is 0.444 e. The lowest BCUT2D eigenvalue weighted by Crippen LogP contribution is -2.49. The molecule has 2 saturated carbocycles. The lowest BCUT2D eigenvalue weighted by molar-refractivity contribution is -0.137. The van der Waals surface area contributed by atoms with Gasteiger partial charge in [-0.2, -0.15) is 5.26 Å². The first-order valence-corrected chi connectivity index (χ1v) is 9.36. The summed E-state index contributed by atoms with van der Waals surface area (Å²) >= 11 is 0. The maximum atomic E-state index is 13.1. The monoisotopic (exact) mass is 349 g/mol. The number of carbonyl (C=O) groups excluding carboxylic acids is 2. The van der Waals surface area contributed by atoms with Gasteiger partial charge in [0.15, 0.2) is 6.19 Å². The Labute approximate surface area is 150 Å². The van der Waals surface area contributed by atoms with Crippen LogP contribution in [0, 0.1) is 22.8 Å². The molecule has 2 rings (SSSR count). The number of nitrogens with zero attached hydrogens (tertiary/aromatic N) is 2. The van der Waals surface area contributed by atoms with Crippen molar-refractivity contribution in [2.24, 2.45) is 11.3 Å². The van der Waals surface area contributed by atoms with E-state index in [1.165, 1.54) is 11.3 Å². The van der Waals surface area contributed by atoms with Crippen LogP contribution in [0.1, 0.15) is 72.6 Å². The van der Waals surface area contributed by atoms with Crippen molar-refractivity contribution in [2.75, 3.05) is 6.54 Å². The van der Waals surface area contributed by atoms with Crippen molar-refractivity contribution >= 4 is 12.0 Å². The Hall–Kier alpha value is -1.77. The molecule has 2 aliphatic carbocycles. The summed E-state index contributed by atoms with van der Waals surface area (Å²) in [5.41, 5.74) is -0.765. The van der Waals surface area contributed by atoms with Crippen LogP contribution >= 0.6 is 0 Å². The number of nitriles is 1. The maximum Gasteiger partial charge on any atom is 0.407 e. The lowest BCUT2D eigenvalue weighted by Gasteiger charge is -2.41. The molecule has 140 valence electrons. The molecule has 25 heavy (non-hydrogen) atoms. The molecule has 0 aromatic heterocycles. The van der Waals surface area contributed by atoms with E-state index in [-0.39, 0.29) is 29.8 Å². The standard InChI is InChI=1S/C19H31N3O3/c1-18(2,3)25-17(24)21-12-15(19(4)10-6-5-7-11-19)16(23)22(13-20)14-8-9-14/h14-15H,5-12H2,1-4H3,(H,21,24)/t15-/m0/s1. The minimum absolute atomic E-state index is 0.0497. The predicted molar refractivity (Wildman–Crippen MR) is 94.4 cm³/mol. The Balaban J connectivity index is 2.10. The van der Waals surface area contributed by atoms with Gasteiger partial charge in [0.2, 0.25) is 5.91 Å². The molecule has 2 amide bonds. The Morgan fingerprint density at radius 3 is 2.36 bits per heavy atom. The van der Waals surface area contributed by atoms with Gasteiger partial charge in [0, 0.05) is 12.6 Å². The zero-order valence-electron chi connectivity index (χ0n) is 15.9. The molecular weight excluding hydrogens is 318 g/mol. The molecule has 0 radical (unpaired) electrons. The van der Waals surface area contributed by atoms with E-state index >= 15 is 0 Å². The second-order valence-corrected chi connectivity index (χ2v) is 8.69. The number of alkyl carbamates (subject to hydrolysis) is 1. The molecule has 1 N–H and O–H groups in total. The fourth-order valence-corrected chi connectivity index (χ4v) is 3.65. The Morgan fingerprint density at radius 2 is 1.88 bits per heavy atom. The van der Waals surface area contributed by atoms with Gasteiger partial charge in [-0.25, -0.2) is 9.69 Å². The van der Waals surface area contributed by atoms with Crippen LogP contribution in [0.3, 0.4) is 0 Å². The van der Waals surface area contributed by atoms with Gasteiger partial charge < -0.3 is 10.1 Å². The zero-order chi connectivity index (χ0) is 18.7. The summed E-state index contributed by atoms with van der Waals surface area (Å²) in [6.07, 6.45) is 8.58. The number of amides is 2. The highest BCUT2D eigenvalue weighted by molar-refractivity contribution is 5.82. The first kappa shape index (κ1) is 19.6. The molecule has 2 aliphatic rings. The van der Waals surface area contributed by atoms with E-state index < -0.39 is 11.7 Å². The topological polar surface area (TPSA) is 82.4 Å². The fraction of sp³-hybridized carbons (Fsp3) is 0.842. The van der Waals surface area contributed by atoms with Gasteiger partial charge >= 0.3 is 6.09 Å². The van der Waals surface area contributed by atoms with Gasteiger partial charge in [0.25, 0.3) is 0 Å². The van der Waals surface area contributed by atoms with Crippen LogP contribution in [0.2, 0.25) is 0 Å². The van der Waals surface area contributed by atoms with E-state index in [4.69, 9.17) is 4.74 Å². The SMILES string of the molecule is CC(C)(C)OC(=O)NC[C@@H](C(=O)N(C#N)C1CC1)C1(C)CCCCC1. The summed E-state index contributed by atoms with van der Waals surface area (Å²) < 4.78 is 5.29. The predicted octanol–water partition coefficient (Wildman–Crippen LogP) is 3.57. The summed E-state index contributed by atoms with van der Waals surface area (Å²) in [6.45, 7) is 7.76. The molecule has 6 nitrogen and oxygen atoms in total. The minimum atomic E-state index is -0.578. The molecular formula is C19H31N3O3. The number of ether oxygens (including phenoxy) is 1. The summed E-state index contributed by atoms with van der Waals surface area (Å²) in [6, 6.07) is 0.0497. The number of carbonyl (C=O) groups is 2. The van der Waals surface area contributed by atoms with E-state index in [1.54, 1.807) is 0 Å². The molecule has 6 heteroatoms. The highest BCUT2D eigenvalue weighted by Gasteiger charge is 2.45. The molecule has 0 bridgehead atoms. The summed E-state index contributed by atoms with van der Waals surface area (Å²) in [5.74, 6) is -0.536. The van der Waals surface area contributed by atoms with Crippen molar-refractivity contribution in [3.63, 3.8) is 0 Å². The number of hydrogen-bond acceptors (Lipinski definition) is 4. The Kier molecular flexibility index (Phi) is 5.97. The van der Waals surface area contributed by atoms with Crippen LogP contribution in [-0.2, 0) is 9.53 Å². The number of rotatable bonds is 5. The average Bonchev–Trinajstić information content (AvgIpc) is 3.31. The average molecular weight is 349 g/mol. The Bertz CT molecular complexity index is 537.